The molecule has 3 heteroatoms. The van der Waals surface area contributed by atoms with Crippen LogP contribution >= 0.6 is 0 Å². The van der Waals surface area contributed by atoms with Gasteiger partial charge in [-0.1, -0.05) is 0 Å². The van der Waals surface area contributed by atoms with Crippen LogP contribution in [-0.2, 0) is 0 Å². The maximum Gasteiger partial charge on any atom is 0.0752 e. The van der Waals surface area contributed by atoms with Crippen LogP contribution in [0.3, 0.4) is 0 Å². The largest absolute Gasteiger partial charge is 0.394 e. The molecule has 0 aromatic carbocycles. The fourth-order valence-corrected chi connectivity index (χ4v) is 0.869. The van der Waals surface area contributed by atoms with E-state index in [0.29, 0.717) is 0 Å². The van der Waals surface area contributed by atoms with Crippen molar-refractivity contribution >= 4 is 7.85 Å². The van der Waals surface area contributed by atoms with Crippen LogP contribution in [0.2, 0.25) is 5.82 Å². The van der Waals surface area contributed by atoms with Gasteiger partial charge in [-0.15, -0.1) is 0 Å². The van der Waals surface area contributed by atoms with E-state index in [4.69, 9.17) is 13.0 Å². The van der Waals surface area contributed by atoms with Crippen molar-refractivity contribution < 1.29 is 5.11 Å². The van der Waals surface area contributed by atoms with Gasteiger partial charge in [0.2, 0.25) is 0 Å². The second kappa shape index (κ2) is 2.51. The van der Waals surface area contributed by atoms with Crippen LogP contribution < -0.4 is 5.32 Å². The SMILES string of the molecule is [B]C1CNCCC1O. The standard InChI is InChI=1S/C5H10BNO/c6-4-3-7-2-1-5(4)8/h4-5,7-8H,1-3H2. The third kappa shape index (κ3) is 1.23. The van der Waals surface area contributed by atoms with E-state index >= 15 is 0 Å². The molecule has 2 nitrogen and oxygen atoms in total. The molecule has 1 aliphatic rings. The maximum absolute atomic E-state index is 9.01. The van der Waals surface area contributed by atoms with E-state index in [1.807, 2.05) is 0 Å². The number of rotatable bonds is 0. The quantitative estimate of drug-likeness (QED) is 0.405. The van der Waals surface area contributed by atoms with Crippen molar-refractivity contribution in [1.29, 1.82) is 0 Å². The number of aliphatic hydroxyl groups excluding tert-OH is 1. The summed E-state index contributed by atoms with van der Waals surface area (Å²) >= 11 is 0. The smallest absolute Gasteiger partial charge is 0.0752 e. The molecule has 1 fully saturated rings. The summed E-state index contributed by atoms with van der Waals surface area (Å²) < 4.78 is 0. The number of nitrogens with one attached hydrogen (secondary N) is 1. The lowest BCUT2D eigenvalue weighted by molar-refractivity contribution is 0.138. The second-order valence-corrected chi connectivity index (χ2v) is 2.22. The van der Waals surface area contributed by atoms with Gasteiger partial charge in [0.1, 0.15) is 0 Å². The van der Waals surface area contributed by atoms with E-state index in [0.717, 1.165) is 19.5 Å². The van der Waals surface area contributed by atoms with Gasteiger partial charge in [-0.2, -0.15) is 0 Å². The molecule has 0 aliphatic carbocycles. The first-order chi connectivity index (χ1) is 3.80. The van der Waals surface area contributed by atoms with Crippen LogP contribution in [-0.4, -0.2) is 32.1 Å². The highest BCUT2D eigenvalue weighted by molar-refractivity contribution is 6.12. The first-order valence-corrected chi connectivity index (χ1v) is 2.95. The molecule has 1 rings (SSSR count). The number of hydrogen-bond donors (Lipinski definition) is 2. The molecule has 2 unspecified atom stereocenters. The van der Waals surface area contributed by atoms with Gasteiger partial charge in [-0.3, -0.25) is 0 Å². The van der Waals surface area contributed by atoms with Gasteiger partial charge in [-0.25, -0.2) is 0 Å². The molecule has 0 aromatic heterocycles. The lowest BCUT2D eigenvalue weighted by Gasteiger charge is -2.24. The molecule has 1 aliphatic heterocycles. The predicted octanol–water partition coefficient (Wildman–Crippen LogP) is -0.702. The van der Waals surface area contributed by atoms with E-state index in [1.54, 1.807) is 0 Å². The maximum atomic E-state index is 9.01. The average molecular weight is 111 g/mol. The minimum Gasteiger partial charge on any atom is -0.394 e. The van der Waals surface area contributed by atoms with Crippen molar-refractivity contribution in [3.63, 3.8) is 0 Å². The summed E-state index contributed by atoms with van der Waals surface area (Å²) in [6.07, 6.45) is 0.512. The van der Waals surface area contributed by atoms with Crippen molar-refractivity contribution in [2.45, 2.75) is 18.3 Å². The van der Waals surface area contributed by atoms with E-state index < -0.39 is 0 Å². The third-order valence-electron chi connectivity index (χ3n) is 1.49. The minimum atomic E-state index is -0.281. The fraction of sp³-hybridized carbons (Fsp3) is 1.00. The Balaban J connectivity index is 2.28. The topological polar surface area (TPSA) is 32.3 Å². The summed E-state index contributed by atoms with van der Waals surface area (Å²) in [6.45, 7) is 1.65. The normalized spacial score (nSPS) is 39.6. The van der Waals surface area contributed by atoms with Crippen molar-refractivity contribution in [2.75, 3.05) is 13.1 Å². The van der Waals surface area contributed by atoms with Gasteiger partial charge in [0.25, 0.3) is 0 Å². The molecule has 0 saturated carbocycles. The number of piperidine rings is 1. The number of hydrogen-bond acceptors (Lipinski definition) is 2. The summed E-state index contributed by atoms with van der Waals surface area (Å²) in [5, 5.41) is 12.1. The van der Waals surface area contributed by atoms with E-state index in [9.17, 15) is 0 Å². The van der Waals surface area contributed by atoms with Crippen LogP contribution in [0.5, 0.6) is 0 Å². The van der Waals surface area contributed by atoms with Gasteiger partial charge >= 0.3 is 0 Å². The summed E-state index contributed by atoms with van der Waals surface area (Å²) in [5.74, 6) is -0.0521. The summed E-state index contributed by atoms with van der Waals surface area (Å²) in [4.78, 5) is 0. The molecule has 0 spiro atoms. The van der Waals surface area contributed by atoms with Crippen LogP contribution in [0.1, 0.15) is 6.42 Å². The Labute approximate surface area is 50.7 Å². The predicted molar refractivity (Wildman–Crippen MR) is 33.0 cm³/mol. The molecule has 2 atom stereocenters. The van der Waals surface area contributed by atoms with E-state index in [1.165, 1.54) is 0 Å². The molecule has 44 valence electrons. The van der Waals surface area contributed by atoms with Gasteiger partial charge in [0.05, 0.1) is 14.0 Å². The Bertz CT molecular complexity index is 68.8. The molecular formula is C5H10BNO. The van der Waals surface area contributed by atoms with Gasteiger partial charge < -0.3 is 10.4 Å². The lowest BCUT2D eigenvalue weighted by atomic mass is 9.79. The minimum absolute atomic E-state index is 0.0521. The third-order valence-corrected chi connectivity index (χ3v) is 1.49. The number of aliphatic hydroxyl groups is 1. The zero-order chi connectivity index (χ0) is 5.98. The monoisotopic (exact) mass is 111 g/mol. The van der Waals surface area contributed by atoms with Crippen LogP contribution in [0.25, 0.3) is 0 Å². The van der Waals surface area contributed by atoms with Crippen molar-refractivity contribution in [3.05, 3.63) is 0 Å². The second-order valence-electron chi connectivity index (χ2n) is 2.22. The first kappa shape index (κ1) is 6.11. The highest BCUT2D eigenvalue weighted by Gasteiger charge is 2.16. The van der Waals surface area contributed by atoms with Crippen LogP contribution in [0, 0.1) is 0 Å². The lowest BCUT2D eigenvalue weighted by Crippen LogP contribution is -2.36. The Hall–Kier alpha value is -0.0151. The average Bonchev–Trinajstić information content (AvgIpc) is 1.77. The molecule has 0 aromatic rings. The molecule has 1 heterocycles. The molecule has 8 heavy (non-hydrogen) atoms. The van der Waals surface area contributed by atoms with Crippen LogP contribution in [0.4, 0.5) is 0 Å². The zero-order valence-electron chi connectivity index (χ0n) is 4.80. The summed E-state index contributed by atoms with van der Waals surface area (Å²) in [5.41, 5.74) is 0. The van der Waals surface area contributed by atoms with Gasteiger partial charge in [0.15, 0.2) is 0 Å². The van der Waals surface area contributed by atoms with E-state index in [-0.39, 0.29) is 11.9 Å². The Morgan fingerprint density at radius 3 is 2.75 bits per heavy atom. The summed E-state index contributed by atoms with van der Waals surface area (Å²) in [7, 11) is 5.47. The summed E-state index contributed by atoms with van der Waals surface area (Å²) in [6, 6.07) is 0. The molecule has 2 radical (unpaired) electrons. The van der Waals surface area contributed by atoms with Crippen LogP contribution in [0.15, 0.2) is 0 Å². The molecule has 0 amide bonds. The Morgan fingerprint density at radius 2 is 2.38 bits per heavy atom. The highest BCUT2D eigenvalue weighted by Crippen LogP contribution is 2.11. The Morgan fingerprint density at radius 1 is 1.62 bits per heavy atom. The van der Waals surface area contributed by atoms with Gasteiger partial charge in [-0.05, 0) is 25.3 Å². The van der Waals surface area contributed by atoms with E-state index in [2.05, 4.69) is 5.32 Å². The van der Waals surface area contributed by atoms with Gasteiger partial charge in [0, 0.05) is 0 Å². The van der Waals surface area contributed by atoms with Crippen molar-refractivity contribution in [1.82, 2.24) is 5.32 Å². The fourth-order valence-electron chi connectivity index (χ4n) is 0.869. The zero-order valence-corrected chi connectivity index (χ0v) is 4.80. The Kier molecular flexibility index (Phi) is 1.92. The molecule has 2 N–H and O–H groups in total. The first-order valence-electron chi connectivity index (χ1n) is 2.95. The van der Waals surface area contributed by atoms with Crippen molar-refractivity contribution in [3.8, 4) is 0 Å². The molecule has 1 saturated heterocycles. The van der Waals surface area contributed by atoms with Crippen molar-refractivity contribution in [2.24, 2.45) is 0 Å². The molecule has 0 bridgehead atoms. The molecular weight excluding hydrogens is 101 g/mol. The highest BCUT2D eigenvalue weighted by atomic mass is 16.3.